The average Bonchev–Trinajstić information content (AvgIpc) is 2.13. The second-order valence-electron chi connectivity index (χ2n) is 4.69. The molecule has 0 aliphatic heterocycles. The maximum absolute atomic E-state index is 11.2. The molecule has 0 amide bonds. The van der Waals surface area contributed by atoms with Crippen LogP contribution in [0, 0.1) is 0 Å². The third kappa shape index (κ3) is 10.7. The molecular formula is C12H23AlO5. The lowest BCUT2D eigenvalue weighted by atomic mass is 10.3. The predicted molar refractivity (Wildman–Crippen MR) is 69.3 cm³/mol. The van der Waals surface area contributed by atoms with Gasteiger partial charge in [-0.1, -0.05) is 0 Å². The molecule has 0 N–H and O–H groups in total. The highest BCUT2D eigenvalue weighted by Crippen LogP contribution is 2.05. The van der Waals surface area contributed by atoms with Crippen molar-refractivity contribution in [2.75, 3.05) is 6.61 Å². The van der Waals surface area contributed by atoms with Crippen molar-refractivity contribution < 1.29 is 21.9 Å². The molecule has 0 aliphatic rings. The van der Waals surface area contributed by atoms with Crippen LogP contribution in [0.15, 0.2) is 0 Å². The van der Waals surface area contributed by atoms with E-state index in [1.807, 2.05) is 27.7 Å². The van der Waals surface area contributed by atoms with Gasteiger partial charge in [-0.2, -0.15) is 0 Å². The summed E-state index contributed by atoms with van der Waals surface area (Å²) in [6, 6.07) is 0. The molecule has 0 aliphatic carbocycles. The predicted octanol–water partition coefficient (Wildman–Crippen LogP) is 1.85. The number of ketones is 1. The monoisotopic (exact) mass is 274 g/mol. The maximum Gasteiger partial charge on any atom is 0.678 e. The van der Waals surface area contributed by atoms with E-state index in [0.717, 1.165) is 0 Å². The van der Waals surface area contributed by atoms with Crippen LogP contribution in [0.3, 0.4) is 0 Å². The smallest absolute Gasteiger partial charge is 0.476 e. The van der Waals surface area contributed by atoms with Gasteiger partial charge in [-0.25, -0.2) is 0 Å². The van der Waals surface area contributed by atoms with Crippen LogP contribution in [0.2, 0.25) is 5.28 Å². The highest BCUT2D eigenvalue weighted by atomic mass is 27.2. The number of esters is 1. The van der Waals surface area contributed by atoms with Crippen molar-refractivity contribution in [3.63, 3.8) is 0 Å². The molecule has 0 unspecified atom stereocenters. The summed E-state index contributed by atoms with van der Waals surface area (Å²) in [6.45, 7) is 9.42. The summed E-state index contributed by atoms with van der Waals surface area (Å²) in [6.07, 6.45) is 0.0455. The Morgan fingerprint density at radius 1 is 1.06 bits per heavy atom. The minimum absolute atomic E-state index is 0.105. The van der Waals surface area contributed by atoms with E-state index in [0.29, 0.717) is 5.28 Å². The second kappa shape index (κ2) is 9.51. The van der Waals surface area contributed by atoms with E-state index in [-0.39, 0.29) is 31.0 Å². The van der Waals surface area contributed by atoms with Crippen LogP contribution in [-0.4, -0.2) is 45.4 Å². The molecule has 6 heteroatoms. The summed E-state index contributed by atoms with van der Waals surface area (Å²) in [5, 5.41) is 0.597. The molecule has 0 saturated carbocycles. The van der Waals surface area contributed by atoms with Gasteiger partial charge in [0, 0.05) is 12.2 Å². The summed E-state index contributed by atoms with van der Waals surface area (Å²) < 4.78 is 16.3. The first-order chi connectivity index (χ1) is 8.31. The van der Waals surface area contributed by atoms with Gasteiger partial charge >= 0.3 is 20.8 Å². The minimum atomic E-state index is -1.81. The van der Waals surface area contributed by atoms with Gasteiger partial charge in [-0.05, 0) is 39.9 Å². The Balaban J connectivity index is 3.95. The fourth-order valence-corrected chi connectivity index (χ4v) is 3.16. The lowest BCUT2D eigenvalue weighted by molar-refractivity contribution is -0.145. The SMILES string of the molecule is CC(=O)CC(=O)OC[CH2][Al]([O]C(C)C)[O]C(C)C. The quantitative estimate of drug-likeness (QED) is 0.365. The molecule has 0 aromatic carbocycles. The Bertz CT molecular complexity index is 255. The molecule has 0 spiro atoms. The van der Waals surface area contributed by atoms with Gasteiger partial charge < -0.3 is 12.3 Å². The number of hydrogen-bond acceptors (Lipinski definition) is 5. The molecule has 0 aromatic heterocycles. The molecular weight excluding hydrogens is 251 g/mol. The lowest BCUT2D eigenvalue weighted by Gasteiger charge is -2.18. The third-order valence-electron chi connectivity index (χ3n) is 1.86. The van der Waals surface area contributed by atoms with Crippen LogP contribution in [-0.2, 0) is 21.9 Å². The molecule has 0 bridgehead atoms. The number of Topliss-reactive ketones (excluding diaryl/α,β-unsaturated/α-hetero) is 1. The van der Waals surface area contributed by atoms with Crippen molar-refractivity contribution in [3.05, 3.63) is 0 Å². The average molecular weight is 274 g/mol. The third-order valence-corrected chi connectivity index (χ3v) is 4.26. The van der Waals surface area contributed by atoms with Crippen molar-refractivity contribution >= 4 is 26.6 Å². The molecule has 104 valence electrons. The van der Waals surface area contributed by atoms with E-state index >= 15 is 0 Å². The Hall–Kier alpha value is -0.408. The summed E-state index contributed by atoms with van der Waals surface area (Å²) in [7, 11) is 0. The van der Waals surface area contributed by atoms with Crippen molar-refractivity contribution in [2.24, 2.45) is 0 Å². The largest absolute Gasteiger partial charge is 0.678 e. The number of rotatable bonds is 9. The van der Waals surface area contributed by atoms with Gasteiger partial charge in [0.15, 0.2) is 0 Å². The maximum atomic E-state index is 11.2. The highest BCUT2D eigenvalue weighted by Gasteiger charge is 2.28. The van der Waals surface area contributed by atoms with E-state index in [9.17, 15) is 9.59 Å². The summed E-state index contributed by atoms with van der Waals surface area (Å²) in [4.78, 5) is 21.9. The summed E-state index contributed by atoms with van der Waals surface area (Å²) >= 11 is -1.81. The molecule has 0 radical (unpaired) electrons. The lowest BCUT2D eigenvalue weighted by Crippen LogP contribution is -2.30. The van der Waals surface area contributed by atoms with Crippen LogP contribution in [0.1, 0.15) is 41.0 Å². The first-order valence-electron chi connectivity index (χ1n) is 6.27. The Morgan fingerprint density at radius 3 is 1.94 bits per heavy atom. The first-order valence-corrected chi connectivity index (χ1v) is 8.03. The van der Waals surface area contributed by atoms with Gasteiger partial charge in [-0.15, -0.1) is 0 Å². The highest BCUT2D eigenvalue weighted by molar-refractivity contribution is 6.44. The van der Waals surface area contributed by atoms with Gasteiger partial charge in [-0.3, -0.25) is 9.59 Å². The number of ether oxygens (including phenoxy) is 1. The second-order valence-corrected chi connectivity index (χ2v) is 6.67. The van der Waals surface area contributed by atoms with Gasteiger partial charge in [0.25, 0.3) is 0 Å². The van der Waals surface area contributed by atoms with Gasteiger partial charge in [0.2, 0.25) is 0 Å². The Kier molecular flexibility index (Phi) is 9.30. The number of hydrogen-bond donors (Lipinski definition) is 0. The molecule has 0 atom stereocenters. The first kappa shape index (κ1) is 17.6. The van der Waals surface area contributed by atoms with Crippen molar-refractivity contribution in [3.8, 4) is 0 Å². The number of carbonyl (C=O) groups is 2. The van der Waals surface area contributed by atoms with Crippen LogP contribution in [0.25, 0.3) is 0 Å². The number of carbonyl (C=O) groups excluding carboxylic acids is 2. The van der Waals surface area contributed by atoms with E-state index in [4.69, 9.17) is 12.3 Å². The van der Waals surface area contributed by atoms with E-state index in [1.54, 1.807) is 0 Å². The zero-order valence-electron chi connectivity index (χ0n) is 11.9. The summed E-state index contributed by atoms with van der Waals surface area (Å²) in [5.74, 6) is -0.671. The molecule has 0 rings (SSSR count). The normalized spacial score (nSPS) is 10.8. The van der Waals surface area contributed by atoms with Gasteiger partial charge in [0.05, 0.1) is 6.61 Å². The Morgan fingerprint density at radius 2 is 1.56 bits per heavy atom. The topological polar surface area (TPSA) is 61.8 Å². The minimum Gasteiger partial charge on any atom is -0.476 e. The fraction of sp³-hybridized carbons (Fsp3) is 0.833. The van der Waals surface area contributed by atoms with Crippen molar-refractivity contribution in [2.45, 2.75) is 58.5 Å². The molecule has 5 nitrogen and oxygen atoms in total. The van der Waals surface area contributed by atoms with Crippen molar-refractivity contribution in [1.29, 1.82) is 0 Å². The van der Waals surface area contributed by atoms with Crippen LogP contribution in [0.4, 0.5) is 0 Å². The van der Waals surface area contributed by atoms with E-state index in [1.165, 1.54) is 6.92 Å². The standard InChI is InChI=1S/C6H9O3.2C3H7O.Al/c1-3-9-6(8)4-5(2)7;2*1-3(2)4;/h1,3-4H2,2H3;2*3H,1-2H3;/q;2*-1;+2. The molecule has 0 saturated heterocycles. The van der Waals surface area contributed by atoms with Crippen LogP contribution < -0.4 is 0 Å². The molecule has 0 aromatic rings. The fourth-order valence-electron chi connectivity index (χ4n) is 1.30. The zero-order chi connectivity index (χ0) is 14.1. The van der Waals surface area contributed by atoms with Gasteiger partial charge in [0.1, 0.15) is 12.2 Å². The van der Waals surface area contributed by atoms with Crippen LogP contribution >= 0.6 is 0 Å². The van der Waals surface area contributed by atoms with Crippen molar-refractivity contribution in [1.82, 2.24) is 0 Å². The zero-order valence-corrected chi connectivity index (χ0v) is 13.0. The van der Waals surface area contributed by atoms with Crippen LogP contribution in [0.5, 0.6) is 0 Å². The van der Waals surface area contributed by atoms with E-state index < -0.39 is 20.8 Å². The van der Waals surface area contributed by atoms with E-state index in [2.05, 4.69) is 0 Å². The molecule has 18 heavy (non-hydrogen) atoms. The Labute approximate surface area is 114 Å². The summed E-state index contributed by atoms with van der Waals surface area (Å²) in [5.41, 5.74) is 0. The molecule has 0 fully saturated rings. The molecule has 0 heterocycles.